The number of hydrogen-bond donors (Lipinski definition) is 20. The minimum Gasteiger partial charge on any atom is -0.508 e. The number of aromatic hydroxyl groups is 1. The Morgan fingerprint density at radius 3 is 1.88 bits per heavy atom. The first-order valence-electron chi connectivity index (χ1n) is 46.3. The zero-order chi connectivity index (χ0) is 101. The fourth-order valence-electron chi connectivity index (χ4n) is 17.8. The highest BCUT2D eigenvalue weighted by atomic mass is 32.2. The molecule has 3 saturated heterocycles. The third-order valence-corrected chi connectivity index (χ3v) is 26.5. The standard InChI is InChI=1S/C93H128N24O20S/c1-9-11-24-73-90(136)115(8)93(39-56(93)18-10-2)91(137)112-63(23-16-30-100-92(96)97)80(126)111-71(79(125)102-44-76(95)122)47-138-48-77(123)104-67(33-52-26-28-58(119)29-27-52)86(132)113(6)51(5)78(124)107-69(38-75(94)121)88(134)116-31-17-25-72(116)84(130)106-65(36-57-43-99-49-103-57)82(128)108-66(32-50(3)4)89(135)117-45-59(120)37-74(117)85(131)105-64(34-55-42-101-62-22-15-14-21-61(55)62)81(127)110-70(46-118)83(129)109-68(87(133)114(73)7)35-54-41-98-40-53-19-12-13-20-60(53)54/h12-15,19-22,26-29,40-43,49-51,56,59,63-74,101,118-120H,9-11,16-18,23-25,30-39,44-48H2,1-8H3,(H2,94,121)(H2,95,122)(H,99,103)(H,102,125)(H,104,123)(H,105,131)(H,106,130)(H,107,124)(H,108,128)(H,109,129)(H,110,127)(H,111,126)(H,112,137)(H4,96,97,100)/t51-,56?,59+,63-,64-,65-,66-,67-,68-,69-,70-,71-,72-,73-,74-,93?/m0/s1. The van der Waals surface area contributed by atoms with Crippen LogP contribution in [0.4, 0.5) is 0 Å². The number of nitrogens with two attached hydrogens (primary N) is 3. The van der Waals surface area contributed by atoms with Crippen molar-refractivity contribution in [3.63, 3.8) is 0 Å². The number of para-hydroxylation sites is 1. The van der Waals surface area contributed by atoms with Gasteiger partial charge in [-0.05, 0) is 110 Å². The number of unbranched alkanes of at least 4 members (excludes halogenated alkanes) is 1. The van der Waals surface area contributed by atoms with Crippen molar-refractivity contribution in [2.75, 3.05) is 65.4 Å². The first-order valence-corrected chi connectivity index (χ1v) is 47.5. The molecular weight excluding hydrogens is 1810 g/mol. The van der Waals surface area contributed by atoms with Gasteiger partial charge in [0.2, 0.25) is 100 Å². The summed E-state index contributed by atoms with van der Waals surface area (Å²) in [7, 11) is 3.96. The number of phenols is 1. The number of pyridine rings is 1. The Morgan fingerprint density at radius 2 is 1.22 bits per heavy atom. The van der Waals surface area contributed by atoms with Crippen LogP contribution in [0.15, 0.2) is 104 Å². The number of aromatic amines is 2. The number of imidazole rings is 1. The van der Waals surface area contributed by atoms with Crippen molar-refractivity contribution >= 4 is 140 Å². The number of phenolic OH excluding ortho intramolecular Hbond substituents is 1. The summed E-state index contributed by atoms with van der Waals surface area (Å²) < 4.78 is 0. The number of rotatable bonds is 25. The Balaban J connectivity index is 1.03. The molecule has 0 bridgehead atoms. The van der Waals surface area contributed by atoms with E-state index in [0.29, 0.717) is 69.7 Å². The number of H-pyrrole nitrogens is 2. The second-order valence-electron chi connectivity index (χ2n) is 36.0. The van der Waals surface area contributed by atoms with E-state index in [1.54, 1.807) is 74.8 Å². The maximum Gasteiger partial charge on any atom is 0.246 e. The Kier molecular flexibility index (Phi) is 37.9. The van der Waals surface area contributed by atoms with Crippen LogP contribution in [-0.2, 0) is 107 Å². The van der Waals surface area contributed by atoms with Crippen LogP contribution < -0.4 is 75.7 Å². The number of guanidine groups is 1. The van der Waals surface area contributed by atoms with Gasteiger partial charge in [-0.15, -0.1) is 11.8 Å². The fourth-order valence-corrected chi connectivity index (χ4v) is 18.7. The molecule has 23 N–H and O–H groups in total. The molecule has 17 amide bonds. The number of nitrogens with zero attached hydrogens (tertiary/aromatic N) is 7. The molecule has 45 heteroatoms. The molecule has 44 nitrogen and oxygen atoms in total. The number of aliphatic hydroxyl groups excluding tert-OH is 2. The molecule has 16 atom stereocenters. The number of thioether (sulfide) groups is 1. The molecule has 6 heterocycles. The predicted molar refractivity (Wildman–Crippen MR) is 506 cm³/mol. The number of aromatic nitrogens is 4. The van der Waals surface area contributed by atoms with Crippen molar-refractivity contribution < 1.29 is 96.8 Å². The number of primary amides is 2. The predicted octanol–water partition coefficient (Wildman–Crippen LogP) is -2.86. The monoisotopic (exact) mass is 1930 g/mol. The van der Waals surface area contributed by atoms with E-state index >= 15 is 43.2 Å². The molecule has 10 rings (SSSR count). The fraction of sp³-hybridized carbons (Fsp3) is 0.527. The van der Waals surface area contributed by atoms with Gasteiger partial charge in [-0.1, -0.05) is 102 Å². The van der Waals surface area contributed by atoms with Gasteiger partial charge in [0.05, 0.1) is 37.8 Å². The average molecular weight is 1930 g/mol. The molecule has 138 heavy (non-hydrogen) atoms. The van der Waals surface area contributed by atoms with Crippen molar-refractivity contribution in [1.82, 2.24) is 103 Å². The first kappa shape index (κ1) is 106. The van der Waals surface area contributed by atoms with E-state index in [2.05, 4.69) is 78.4 Å². The summed E-state index contributed by atoms with van der Waals surface area (Å²) in [5.41, 5.74) is 17.4. The molecule has 2 unspecified atom stereocenters. The van der Waals surface area contributed by atoms with Gasteiger partial charge in [0.1, 0.15) is 89.8 Å². The van der Waals surface area contributed by atoms with Crippen LogP contribution in [0, 0.1) is 17.2 Å². The lowest BCUT2D eigenvalue weighted by Crippen LogP contribution is -2.62. The summed E-state index contributed by atoms with van der Waals surface area (Å²) in [6.45, 7) is 6.03. The molecule has 3 aromatic heterocycles. The molecule has 4 fully saturated rings. The molecular formula is C93H128N24O20S. The van der Waals surface area contributed by atoms with Gasteiger partial charge in [-0.2, -0.15) is 0 Å². The maximum absolute atomic E-state index is 15.9. The number of amides is 17. The third-order valence-electron chi connectivity index (χ3n) is 25.5. The zero-order valence-electron chi connectivity index (χ0n) is 78.6. The molecule has 0 radical (unpaired) electrons. The number of carbonyl (C=O) groups excluding carboxylic acids is 17. The van der Waals surface area contributed by atoms with Crippen molar-refractivity contribution in [2.45, 2.75) is 234 Å². The van der Waals surface area contributed by atoms with E-state index in [0.717, 1.165) is 31.4 Å². The molecule has 1 saturated carbocycles. The average Bonchev–Trinajstić information content (AvgIpc) is 1.56. The van der Waals surface area contributed by atoms with E-state index in [9.17, 15) is 53.7 Å². The number of likely N-dealkylation sites (N-methyl/N-ethyl adjacent to an activating group) is 3. The molecule has 3 aliphatic heterocycles. The van der Waals surface area contributed by atoms with Gasteiger partial charge in [0.25, 0.3) is 0 Å². The summed E-state index contributed by atoms with van der Waals surface area (Å²) in [4.78, 5) is 272. The largest absolute Gasteiger partial charge is 0.508 e. The number of aliphatic hydroxyl groups is 2. The van der Waals surface area contributed by atoms with Crippen LogP contribution >= 0.6 is 11.8 Å². The SMILES string of the molecule is CCCC[C@H]1C(=O)N(C)C2(CC2CCC)C(=O)N[C@@H](CCCNC(=N)N)C(=O)N[C@H](C(=O)NCC(N)=O)CSCC(=O)N[C@@H](Cc2ccc(O)cc2)C(=O)N(C)[C@@H](C)C(=O)N[C@@H](CC(N)=O)C(=O)N2CCC[C@H]2C(=O)N[C@@H](Cc2cnc[nH]2)C(=O)N[C@@H](CC(C)C)C(=O)N2C[C@H](O)C[C@H]2C(=O)N[C@@H](Cc2c[nH]c3ccccc23)C(=O)N[C@@H](CO)C(=O)N[C@@H](Cc2cncc3ccccc23)C(=O)N1C. The minimum absolute atomic E-state index is 0.0147. The quantitative estimate of drug-likeness (QED) is 0.0156. The number of fused-ring (bicyclic) bond motifs is 4. The normalized spacial score (nSPS) is 25.8. The lowest BCUT2D eigenvalue weighted by molar-refractivity contribution is -0.150. The summed E-state index contributed by atoms with van der Waals surface area (Å²) in [6, 6.07) is -0.991. The smallest absolute Gasteiger partial charge is 0.246 e. The van der Waals surface area contributed by atoms with Crippen molar-refractivity contribution in [1.29, 1.82) is 5.41 Å². The van der Waals surface area contributed by atoms with Gasteiger partial charge < -0.3 is 125 Å². The summed E-state index contributed by atoms with van der Waals surface area (Å²) in [6.07, 6.45) is 5.15. The van der Waals surface area contributed by atoms with Gasteiger partial charge in [-0.25, -0.2) is 4.98 Å². The second-order valence-corrected chi connectivity index (χ2v) is 37.0. The van der Waals surface area contributed by atoms with Crippen LogP contribution in [0.5, 0.6) is 5.75 Å². The third kappa shape index (κ3) is 27.8. The van der Waals surface area contributed by atoms with Gasteiger partial charge >= 0.3 is 0 Å². The van der Waals surface area contributed by atoms with E-state index in [1.807, 2.05) is 13.8 Å². The maximum atomic E-state index is 15.9. The Hall–Kier alpha value is -13.9. The first-order chi connectivity index (χ1) is 65.7. The van der Waals surface area contributed by atoms with Crippen molar-refractivity contribution in [3.8, 4) is 5.75 Å². The number of nitrogens with one attached hydrogen (secondary N) is 14. The lowest BCUT2D eigenvalue weighted by Gasteiger charge is -2.37. The number of carbonyl (C=O) groups is 17. The Labute approximate surface area is 801 Å². The zero-order valence-corrected chi connectivity index (χ0v) is 79.4. The highest BCUT2D eigenvalue weighted by molar-refractivity contribution is 8.00. The summed E-state index contributed by atoms with van der Waals surface area (Å²) in [5, 5.41) is 72.0. The van der Waals surface area contributed by atoms with Gasteiger partial charge in [-0.3, -0.25) is 91.9 Å². The summed E-state index contributed by atoms with van der Waals surface area (Å²) in [5.74, 6) is -18.6. The van der Waals surface area contributed by atoms with Crippen molar-refractivity contribution in [3.05, 3.63) is 126 Å². The Bertz CT molecular complexity index is 5410. The molecule has 3 aromatic carbocycles. The van der Waals surface area contributed by atoms with E-state index in [-0.39, 0.29) is 95.4 Å². The molecule has 1 spiro atoms. The number of benzene rings is 3. The topological polar surface area (TPSA) is 659 Å². The van der Waals surface area contributed by atoms with Crippen LogP contribution in [-0.4, -0.2) is 322 Å². The van der Waals surface area contributed by atoms with Gasteiger partial charge in [0, 0.05) is 125 Å². The Morgan fingerprint density at radius 1 is 0.594 bits per heavy atom. The minimum atomic E-state index is -1.91. The summed E-state index contributed by atoms with van der Waals surface area (Å²) >= 11 is 0.764. The van der Waals surface area contributed by atoms with Crippen molar-refractivity contribution in [2.24, 2.45) is 29.0 Å². The van der Waals surface area contributed by atoms with Crippen LogP contribution in [0.25, 0.3) is 21.7 Å². The van der Waals surface area contributed by atoms with Crippen LogP contribution in [0.3, 0.4) is 0 Å². The molecule has 6 aromatic rings. The molecule has 4 aliphatic rings. The van der Waals surface area contributed by atoms with E-state index in [1.165, 1.54) is 76.0 Å². The van der Waals surface area contributed by atoms with Gasteiger partial charge in [0.15, 0.2) is 5.96 Å². The molecule has 746 valence electrons. The van der Waals surface area contributed by atoms with Crippen LogP contribution in [0.1, 0.15) is 140 Å². The van der Waals surface area contributed by atoms with E-state index in [4.69, 9.17) is 22.6 Å². The highest BCUT2D eigenvalue weighted by Crippen LogP contribution is 2.52. The van der Waals surface area contributed by atoms with E-state index < -0.39 is 247 Å². The second kappa shape index (κ2) is 49.3. The lowest BCUT2D eigenvalue weighted by atomic mass is 9.98. The van der Waals surface area contributed by atoms with Crippen LogP contribution in [0.2, 0.25) is 0 Å². The highest BCUT2D eigenvalue weighted by Gasteiger charge is 2.64. The number of hydrogen-bond acceptors (Lipinski definition) is 24. The molecule has 1 aliphatic carbocycles.